The molecule has 104 valence electrons. The summed E-state index contributed by atoms with van der Waals surface area (Å²) in [6, 6.07) is 1.01. The minimum atomic E-state index is 0.504. The van der Waals surface area contributed by atoms with E-state index in [0.29, 0.717) is 18.0 Å². The highest BCUT2D eigenvalue weighted by molar-refractivity contribution is 5.31. The maximum atomic E-state index is 4.77. The third-order valence-corrected chi connectivity index (χ3v) is 4.96. The number of nitrogens with zero attached hydrogens (tertiary/aromatic N) is 3. The van der Waals surface area contributed by atoms with E-state index in [1.165, 1.54) is 19.3 Å². The van der Waals surface area contributed by atoms with E-state index < -0.39 is 0 Å². The first-order valence-corrected chi connectivity index (χ1v) is 7.62. The zero-order valence-corrected chi connectivity index (χ0v) is 11.8. The zero-order chi connectivity index (χ0) is 13.0. The number of hydrogen-bond donors (Lipinski definition) is 2. The van der Waals surface area contributed by atoms with E-state index >= 15 is 0 Å². The lowest BCUT2D eigenvalue weighted by Gasteiger charge is -2.35. The Balaban J connectivity index is 1.48. The van der Waals surface area contributed by atoms with E-state index in [9.17, 15) is 0 Å². The number of anilines is 1. The Bertz CT molecular complexity index is 450. The number of aromatic amines is 1. The summed E-state index contributed by atoms with van der Waals surface area (Å²) in [5.74, 6) is 4.66. The van der Waals surface area contributed by atoms with Gasteiger partial charge in [-0.3, -0.25) is 5.10 Å². The van der Waals surface area contributed by atoms with Crippen LogP contribution >= 0.6 is 0 Å². The Morgan fingerprint density at radius 2 is 1.74 bits per heavy atom. The molecule has 0 bridgehead atoms. The fraction of sp³-hybridized carbons (Fsp3) is 0.857. The normalized spacial score (nSPS) is 41.4. The molecule has 1 aromatic rings. The van der Waals surface area contributed by atoms with Crippen molar-refractivity contribution < 1.29 is 0 Å². The Hall–Kier alpha value is -1.10. The van der Waals surface area contributed by atoms with Crippen LogP contribution in [0, 0.1) is 11.8 Å². The summed E-state index contributed by atoms with van der Waals surface area (Å²) in [4.78, 5) is 7.08. The van der Waals surface area contributed by atoms with Gasteiger partial charge in [0, 0.05) is 31.1 Å². The molecular weight excluding hydrogens is 238 g/mol. The van der Waals surface area contributed by atoms with Gasteiger partial charge in [0.1, 0.15) is 5.82 Å². The van der Waals surface area contributed by atoms with Crippen molar-refractivity contribution >= 4 is 5.95 Å². The van der Waals surface area contributed by atoms with Crippen LogP contribution < -0.4 is 10.2 Å². The van der Waals surface area contributed by atoms with Crippen molar-refractivity contribution in [3.8, 4) is 0 Å². The van der Waals surface area contributed by atoms with Gasteiger partial charge in [0.05, 0.1) is 0 Å². The second-order valence-electron chi connectivity index (χ2n) is 6.82. The number of piperazine rings is 1. The summed E-state index contributed by atoms with van der Waals surface area (Å²) in [6.45, 7) is 6.44. The smallest absolute Gasteiger partial charge is 0.244 e. The van der Waals surface area contributed by atoms with Gasteiger partial charge in [0.25, 0.3) is 0 Å². The molecule has 0 aromatic carbocycles. The topological polar surface area (TPSA) is 56.8 Å². The van der Waals surface area contributed by atoms with Crippen LogP contribution in [-0.4, -0.2) is 40.4 Å². The second kappa shape index (κ2) is 4.20. The fourth-order valence-electron chi connectivity index (χ4n) is 4.02. The highest BCUT2D eigenvalue weighted by atomic mass is 15.4. The number of H-pyrrole nitrogens is 1. The lowest BCUT2D eigenvalue weighted by molar-refractivity contribution is 0.403. The van der Waals surface area contributed by atoms with Gasteiger partial charge in [-0.25, -0.2) is 0 Å². The predicted octanol–water partition coefficient (Wildman–Crippen LogP) is 1.50. The van der Waals surface area contributed by atoms with Crippen molar-refractivity contribution in [2.24, 2.45) is 11.8 Å². The molecule has 0 spiro atoms. The quantitative estimate of drug-likeness (QED) is 0.847. The molecule has 2 saturated carbocycles. The summed E-state index contributed by atoms with van der Waals surface area (Å²) in [5, 5.41) is 11.2. The summed E-state index contributed by atoms with van der Waals surface area (Å²) in [7, 11) is 0. The average molecular weight is 261 g/mol. The molecule has 4 atom stereocenters. The third-order valence-electron chi connectivity index (χ3n) is 4.96. The minimum Gasteiger partial charge on any atom is -0.336 e. The molecule has 3 fully saturated rings. The predicted molar refractivity (Wildman–Crippen MR) is 74.2 cm³/mol. The molecule has 0 amide bonds. The highest BCUT2D eigenvalue weighted by Gasteiger charge is 2.47. The Morgan fingerprint density at radius 1 is 1.05 bits per heavy atom. The van der Waals surface area contributed by atoms with Crippen LogP contribution in [0.4, 0.5) is 5.95 Å². The first-order chi connectivity index (χ1) is 9.19. The molecule has 4 unspecified atom stereocenters. The van der Waals surface area contributed by atoms with Crippen LogP contribution in [0.5, 0.6) is 0 Å². The van der Waals surface area contributed by atoms with Crippen molar-refractivity contribution in [3.63, 3.8) is 0 Å². The van der Waals surface area contributed by atoms with Crippen molar-refractivity contribution in [1.82, 2.24) is 20.5 Å². The summed E-state index contributed by atoms with van der Waals surface area (Å²) in [6.07, 6.45) is 4.12. The van der Waals surface area contributed by atoms with Gasteiger partial charge in [-0.2, -0.15) is 4.98 Å². The summed E-state index contributed by atoms with van der Waals surface area (Å²) >= 11 is 0. The lowest BCUT2D eigenvalue weighted by atomic mass is 10.0. The van der Waals surface area contributed by atoms with E-state index in [-0.39, 0.29) is 0 Å². The standard InChI is InChI=1S/C14H23N5/c1-8-6-19(7-9(2)15-8)14-16-13(17-18-14)12-4-10-3-11(10)5-12/h8-12,15H,3-7H2,1-2H3,(H,16,17,18). The lowest BCUT2D eigenvalue weighted by Crippen LogP contribution is -2.54. The van der Waals surface area contributed by atoms with Crippen molar-refractivity contribution in [2.75, 3.05) is 18.0 Å². The van der Waals surface area contributed by atoms with Crippen molar-refractivity contribution in [2.45, 2.75) is 51.1 Å². The van der Waals surface area contributed by atoms with Gasteiger partial charge in [-0.05, 0) is 44.9 Å². The maximum absolute atomic E-state index is 4.77. The molecule has 2 heterocycles. The van der Waals surface area contributed by atoms with E-state index in [1.54, 1.807) is 0 Å². The van der Waals surface area contributed by atoms with Crippen LogP contribution in [0.1, 0.15) is 44.9 Å². The highest BCUT2D eigenvalue weighted by Crippen LogP contribution is 2.56. The molecule has 1 aromatic heterocycles. The van der Waals surface area contributed by atoms with Crippen LogP contribution in [0.15, 0.2) is 0 Å². The minimum absolute atomic E-state index is 0.504. The van der Waals surface area contributed by atoms with Crippen LogP contribution in [0.2, 0.25) is 0 Å². The SMILES string of the molecule is CC1CN(c2n[nH]c(C3CC4CC4C3)n2)CC(C)N1. The van der Waals surface area contributed by atoms with Crippen molar-refractivity contribution in [3.05, 3.63) is 5.82 Å². The van der Waals surface area contributed by atoms with Gasteiger partial charge in [-0.15, -0.1) is 5.10 Å². The first kappa shape index (κ1) is 11.7. The monoisotopic (exact) mass is 261 g/mol. The number of nitrogens with one attached hydrogen (secondary N) is 2. The van der Waals surface area contributed by atoms with Gasteiger partial charge >= 0.3 is 0 Å². The molecule has 5 heteroatoms. The van der Waals surface area contributed by atoms with Gasteiger partial charge in [-0.1, -0.05) is 0 Å². The number of hydrogen-bond acceptors (Lipinski definition) is 4. The van der Waals surface area contributed by atoms with Gasteiger partial charge < -0.3 is 10.2 Å². The maximum Gasteiger partial charge on any atom is 0.244 e. The van der Waals surface area contributed by atoms with Crippen LogP contribution in [0.25, 0.3) is 0 Å². The third kappa shape index (κ3) is 2.14. The number of aromatic nitrogens is 3. The molecule has 4 rings (SSSR count). The van der Waals surface area contributed by atoms with E-state index in [1.807, 2.05) is 0 Å². The molecule has 1 aliphatic heterocycles. The number of fused-ring (bicyclic) bond motifs is 1. The van der Waals surface area contributed by atoms with Crippen LogP contribution in [-0.2, 0) is 0 Å². The molecular formula is C14H23N5. The molecule has 5 nitrogen and oxygen atoms in total. The first-order valence-electron chi connectivity index (χ1n) is 7.62. The van der Waals surface area contributed by atoms with E-state index in [2.05, 4.69) is 34.3 Å². The summed E-state index contributed by atoms with van der Waals surface area (Å²) in [5.41, 5.74) is 0. The molecule has 2 aliphatic carbocycles. The van der Waals surface area contributed by atoms with E-state index in [0.717, 1.165) is 36.7 Å². The van der Waals surface area contributed by atoms with E-state index in [4.69, 9.17) is 4.98 Å². The Kier molecular flexibility index (Phi) is 2.59. The number of rotatable bonds is 2. The molecule has 2 N–H and O–H groups in total. The Morgan fingerprint density at radius 3 is 2.42 bits per heavy atom. The van der Waals surface area contributed by atoms with Crippen LogP contribution in [0.3, 0.4) is 0 Å². The summed E-state index contributed by atoms with van der Waals surface area (Å²) < 4.78 is 0. The second-order valence-corrected chi connectivity index (χ2v) is 6.82. The largest absolute Gasteiger partial charge is 0.336 e. The molecule has 1 saturated heterocycles. The molecule has 0 radical (unpaired) electrons. The van der Waals surface area contributed by atoms with Crippen molar-refractivity contribution in [1.29, 1.82) is 0 Å². The van der Waals surface area contributed by atoms with Gasteiger partial charge in [0.2, 0.25) is 5.95 Å². The average Bonchev–Trinajstić information content (AvgIpc) is 2.80. The molecule has 3 aliphatic rings. The molecule has 19 heavy (non-hydrogen) atoms. The zero-order valence-electron chi connectivity index (χ0n) is 11.8. The Labute approximate surface area is 114 Å². The van der Waals surface area contributed by atoms with Gasteiger partial charge in [0.15, 0.2) is 0 Å². The fourth-order valence-corrected chi connectivity index (χ4v) is 4.02.